The second kappa shape index (κ2) is 5.96. The number of para-hydroxylation sites is 1. The Labute approximate surface area is 121 Å². The van der Waals surface area contributed by atoms with Gasteiger partial charge in [0.1, 0.15) is 18.6 Å². The van der Waals surface area contributed by atoms with Gasteiger partial charge in [0.25, 0.3) is 0 Å². The molecule has 0 spiro atoms. The third-order valence-corrected chi connectivity index (χ3v) is 2.92. The maximum Gasteiger partial charge on any atom is 0.194 e. The molecule has 0 aliphatic rings. The van der Waals surface area contributed by atoms with Gasteiger partial charge in [0.15, 0.2) is 5.82 Å². The van der Waals surface area contributed by atoms with E-state index in [1.54, 1.807) is 28.9 Å². The molecule has 0 atom stereocenters. The topological polar surface area (TPSA) is 69.9 Å². The van der Waals surface area contributed by atoms with Crippen molar-refractivity contribution in [2.45, 2.75) is 6.61 Å². The van der Waals surface area contributed by atoms with Crippen molar-refractivity contribution >= 4 is 6.29 Å². The van der Waals surface area contributed by atoms with Crippen molar-refractivity contribution in [1.82, 2.24) is 20.2 Å². The lowest BCUT2D eigenvalue weighted by atomic mass is 10.2. The number of benzene rings is 2. The molecule has 0 unspecified atom stereocenters. The van der Waals surface area contributed by atoms with Crippen LogP contribution in [0, 0.1) is 0 Å². The molecule has 6 nitrogen and oxygen atoms in total. The number of aromatic nitrogens is 4. The molecule has 0 N–H and O–H groups in total. The minimum absolute atomic E-state index is 0.238. The van der Waals surface area contributed by atoms with Gasteiger partial charge in [0.2, 0.25) is 0 Å². The fourth-order valence-corrected chi connectivity index (χ4v) is 1.86. The summed E-state index contributed by atoms with van der Waals surface area (Å²) in [5.41, 5.74) is 1.48. The van der Waals surface area contributed by atoms with Gasteiger partial charge in [-0.25, -0.2) is 0 Å². The summed E-state index contributed by atoms with van der Waals surface area (Å²) in [5.74, 6) is 1.25. The molecule has 6 heteroatoms. The van der Waals surface area contributed by atoms with Gasteiger partial charge in [-0.2, -0.15) is 4.68 Å². The molecular formula is C15H12N4O2. The molecule has 2 aromatic carbocycles. The summed E-state index contributed by atoms with van der Waals surface area (Å²) in [6, 6.07) is 16.5. The smallest absolute Gasteiger partial charge is 0.194 e. The monoisotopic (exact) mass is 280 g/mol. The highest BCUT2D eigenvalue weighted by Gasteiger charge is 2.08. The molecule has 1 aromatic heterocycles. The highest BCUT2D eigenvalue weighted by molar-refractivity contribution is 5.74. The first-order valence-electron chi connectivity index (χ1n) is 6.37. The molecule has 0 radical (unpaired) electrons. The molecule has 3 rings (SSSR count). The van der Waals surface area contributed by atoms with E-state index in [4.69, 9.17) is 4.74 Å². The first-order chi connectivity index (χ1) is 10.4. The number of tetrazole rings is 1. The maximum absolute atomic E-state index is 10.6. The van der Waals surface area contributed by atoms with Crippen LogP contribution in [0.1, 0.15) is 16.2 Å². The fraction of sp³-hybridized carbons (Fsp3) is 0.0667. The standard InChI is InChI=1S/C15H12N4O2/c20-10-12-6-8-14(9-7-12)21-11-15-16-17-18-19(15)13-4-2-1-3-5-13/h1-10H,11H2. The SMILES string of the molecule is O=Cc1ccc(OCc2nnnn2-c2ccccc2)cc1. The summed E-state index contributed by atoms with van der Waals surface area (Å²) in [7, 11) is 0. The van der Waals surface area contributed by atoms with Crippen LogP contribution in [0.25, 0.3) is 5.69 Å². The predicted octanol–water partition coefficient (Wildman–Crippen LogP) is 2.05. The molecule has 0 fully saturated rings. The Hall–Kier alpha value is -3.02. The van der Waals surface area contributed by atoms with Crippen LogP contribution in [0.15, 0.2) is 54.6 Å². The minimum atomic E-state index is 0.238. The summed E-state index contributed by atoms with van der Waals surface area (Å²) < 4.78 is 7.26. The van der Waals surface area contributed by atoms with Gasteiger partial charge in [0, 0.05) is 5.56 Å². The maximum atomic E-state index is 10.6. The Bertz CT molecular complexity index is 723. The zero-order valence-electron chi connectivity index (χ0n) is 11.1. The van der Waals surface area contributed by atoms with E-state index in [9.17, 15) is 4.79 Å². The van der Waals surface area contributed by atoms with Crippen LogP contribution in [0.3, 0.4) is 0 Å². The normalized spacial score (nSPS) is 10.3. The third-order valence-electron chi connectivity index (χ3n) is 2.92. The summed E-state index contributed by atoms with van der Waals surface area (Å²) in [6.45, 7) is 0.238. The van der Waals surface area contributed by atoms with E-state index in [0.29, 0.717) is 17.1 Å². The van der Waals surface area contributed by atoms with Crippen LogP contribution in [-0.4, -0.2) is 26.5 Å². The molecule has 0 aliphatic carbocycles. The third kappa shape index (κ3) is 2.94. The van der Waals surface area contributed by atoms with Crippen molar-refractivity contribution in [3.05, 3.63) is 66.0 Å². The predicted molar refractivity (Wildman–Crippen MR) is 75.3 cm³/mol. The Kier molecular flexibility index (Phi) is 3.68. The number of ether oxygens (including phenoxy) is 1. The molecule has 3 aromatic rings. The van der Waals surface area contributed by atoms with Crippen LogP contribution in [0.2, 0.25) is 0 Å². The van der Waals surface area contributed by atoms with Crippen LogP contribution < -0.4 is 4.74 Å². The molecule has 0 saturated carbocycles. The van der Waals surface area contributed by atoms with Crippen LogP contribution in [0.5, 0.6) is 5.75 Å². The number of nitrogens with zero attached hydrogens (tertiary/aromatic N) is 4. The number of rotatable bonds is 5. The molecule has 1 heterocycles. The molecule has 0 saturated heterocycles. The summed E-state index contributed by atoms with van der Waals surface area (Å²) in [5, 5.41) is 11.6. The van der Waals surface area contributed by atoms with Gasteiger partial charge in [-0.3, -0.25) is 4.79 Å². The van der Waals surface area contributed by atoms with Crippen molar-refractivity contribution in [2.24, 2.45) is 0 Å². The molecule has 0 amide bonds. The lowest BCUT2D eigenvalue weighted by molar-refractivity contribution is 0.112. The Morgan fingerprint density at radius 3 is 2.52 bits per heavy atom. The molecule has 104 valence electrons. The summed E-state index contributed by atoms with van der Waals surface area (Å²) >= 11 is 0. The largest absolute Gasteiger partial charge is 0.486 e. The number of carbonyl (C=O) groups is 1. The average Bonchev–Trinajstić information content (AvgIpc) is 3.03. The lowest BCUT2D eigenvalue weighted by Gasteiger charge is -2.07. The average molecular weight is 280 g/mol. The van der Waals surface area contributed by atoms with Crippen molar-refractivity contribution in [3.8, 4) is 11.4 Å². The second-order valence-electron chi connectivity index (χ2n) is 4.32. The lowest BCUT2D eigenvalue weighted by Crippen LogP contribution is -2.06. The summed E-state index contributed by atoms with van der Waals surface area (Å²) in [6.07, 6.45) is 0.791. The van der Waals surface area contributed by atoms with Crippen molar-refractivity contribution in [2.75, 3.05) is 0 Å². The molecular weight excluding hydrogens is 268 g/mol. The Balaban J connectivity index is 1.74. The van der Waals surface area contributed by atoms with E-state index in [1.807, 2.05) is 30.3 Å². The molecule has 21 heavy (non-hydrogen) atoms. The van der Waals surface area contributed by atoms with E-state index in [1.165, 1.54) is 0 Å². The quantitative estimate of drug-likeness (QED) is 0.669. The zero-order valence-corrected chi connectivity index (χ0v) is 11.1. The second-order valence-corrected chi connectivity index (χ2v) is 4.32. The van der Waals surface area contributed by atoms with Crippen molar-refractivity contribution in [3.63, 3.8) is 0 Å². The number of hydrogen-bond acceptors (Lipinski definition) is 5. The van der Waals surface area contributed by atoms with E-state index in [0.717, 1.165) is 12.0 Å². The number of hydrogen-bond donors (Lipinski definition) is 0. The molecule has 0 bridgehead atoms. The Morgan fingerprint density at radius 1 is 1.05 bits per heavy atom. The van der Waals surface area contributed by atoms with Crippen LogP contribution in [-0.2, 0) is 6.61 Å². The van der Waals surface area contributed by atoms with Gasteiger partial charge >= 0.3 is 0 Å². The van der Waals surface area contributed by atoms with E-state index < -0.39 is 0 Å². The van der Waals surface area contributed by atoms with Gasteiger partial charge in [-0.05, 0) is 46.8 Å². The van der Waals surface area contributed by atoms with Gasteiger partial charge in [-0.1, -0.05) is 18.2 Å². The highest BCUT2D eigenvalue weighted by atomic mass is 16.5. The van der Waals surface area contributed by atoms with Crippen LogP contribution >= 0.6 is 0 Å². The van der Waals surface area contributed by atoms with Gasteiger partial charge < -0.3 is 4.74 Å². The highest BCUT2D eigenvalue weighted by Crippen LogP contribution is 2.14. The first-order valence-corrected chi connectivity index (χ1v) is 6.37. The van der Waals surface area contributed by atoms with Gasteiger partial charge in [0.05, 0.1) is 5.69 Å². The van der Waals surface area contributed by atoms with E-state index in [2.05, 4.69) is 15.5 Å². The fourth-order valence-electron chi connectivity index (χ4n) is 1.86. The number of carbonyl (C=O) groups excluding carboxylic acids is 1. The van der Waals surface area contributed by atoms with Gasteiger partial charge in [-0.15, -0.1) is 5.10 Å². The molecule has 0 aliphatic heterocycles. The van der Waals surface area contributed by atoms with E-state index in [-0.39, 0.29) is 6.61 Å². The minimum Gasteiger partial charge on any atom is -0.486 e. The summed E-state index contributed by atoms with van der Waals surface area (Å²) in [4.78, 5) is 10.6. The zero-order chi connectivity index (χ0) is 14.5. The van der Waals surface area contributed by atoms with Crippen molar-refractivity contribution < 1.29 is 9.53 Å². The van der Waals surface area contributed by atoms with E-state index >= 15 is 0 Å². The van der Waals surface area contributed by atoms with Crippen LogP contribution in [0.4, 0.5) is 0 Å². The number of aldehydes is 1. The first kappa shape index (κ1) is 13.0. The van der Waals surface area contributed by atoms with Crippen molar-refractivity contribution in [1.29, 1.82) is 0 Å². The Morgan fingerprint density at radius 2 is 1.81 bits per heavy atom.